The van der Waals surface area contributed by atoms with Crippen molar-refractivity contribution in [3.8, 4) is 11.3 Å². The lowest BCUT2D eigenvalue weighted by Gasteiger charge is -2.14. The van der Waals surface area contributed by atoms with E-state index in [0.717, 1.165) is 5.56 Å². The third-order valence-electron chi connectivity index (χ3n) is 4.79. The Morgan fingerprint density at radius 2 is 1.57 bits per heavy atom. The van der Waals surface area contributed by atoms with Crippen LogP contribution in [0.3, 0.4) is 0 Å². The second-order valence-electron chi connectivity index (χ2n) is 6.86. The predicted octanol–water partition coefficient (Wildman–Crippen LogP) is 5.98. The zero-order valence-corrected chi connectivity index (χ0v) is 17.0. The predicted molar refractivity (Wildman–Crippen MR) is 118 cm³/mol. The average Bonchev–Trinajstić information content (AvgIpc) is 2.78. The molecule has 0 saturated carbocycles. The number of benzene rings is 3. The maximum Gasteiger partial charge on any atom is 0.339 e. The van der Waals surface area contributed by atoms with E-state index in [9.17, 15) is 9.59 Å². The SMILES string of the molecule is C[C@H](OC(=O)c1cc(-c2ccccc2)nc2ccccc12)C(=O)c1ccc(Cl)cc1. The van der Waals surface area contributed by atoms with Gasteiger partial charge in [0.15, 0.2) is 6.10 Å². The number of ketones is 1. The van der Waals surface area contributed by atoms with Crippen LogP contribution in [-0.4, -0.2) is 22.8 Å². The molecular formula is C25H18ClNO3. The molecule has 1 atom stereocenters. The largest absolute Gasteiger partial charge is 0.451 e. The van der Waals surface area contributed by atoms with Gasteiger partial charge in [-0.3, -0.25) is 4.79 Å². The number of hydrogen-bond acceptors (Lipinski definition) is 4. The average molecular weight is 416 g/mol. The molecule has 0 N–H and O–H groups in total. The molecule has 4 aromatic rings. The van der Waals surface area contributed by atoms with Crippen molar-refractivity contribution in [3.05, 3.63) is 101 Å². The lowest BCUT2D eigenvalue weighted by molar-refractivity contribution is 0.0320. The number of esters is 1. The number of halogens is 1. The molecule has 3 aromatic carbocycles. The Balaban J connectivity index is 1.67. The van der Waals surface area contributed by atoms with Gasteiger partial charge < -0.3 is 4.74 Å². The van der Waals surface area contributed by atoms with E-state index in [1.807, 2.05) is 54.6 Å². The van der Waals surface area contributed by atoms with Crippen LogP contribution in [0, 0.1) is 0 Å². The molecule has 0 bridgehead atoms. The van der Waals surface area contributed by atoms with Crippen LogP contribution in [0.5, 0.6) is 0 Å². The van der Waals surface area contributed by atoms with E-state index in [-0.39, 0.29) is 5.78 Å². The van der Waals surface area contributed by atoms with Gasteiger partial charge in [-0.2, -0.15) is 0 Å². The van der Waals surface area contributed by atoms with Crippen molar-refractivity contribution < 1.29 is 14.3 Å². The quantitative estimate of drug-likeness (QED) is 0.297. The molecule has 0 aliphatic heterocycles. The van der Waals surface area contributed by atoms with Gasteiger partial charge >= 0.3 is 5.97 Å². The fourth-order valence-electron chi connectivity index (χ4n) is 3.23. The normalized spacial score (nSPS) is 11.8. The Morgan fingerprint density at radius 1 is 0.900 bits per heavy atom. The van der Waals surface area contributed by atoms with Crippen LogP contribution in [0.1, 0.15) is 27.6 Å². The van der Waals surface area contributed by atoms with Gasteiger partial charge in [0.25, 0.3) is 0 Å². The first kappa shape index (κ1) is 19.8. The lowest BCUT2D eigenvalue weighted by atomic mass is 10.0. The van der Waals surface area contributed by atoms with Crippen LogP contribution in [0.25, 0.3) is 22.2 Å². The minimum Gasteiger partial charge on any atom is -0.451 e. The highest BCUT2D eigenvalue weighted by Crippen LogP contribution is 2.26. The minimum atomic E-state index is -0.939. The molecule has 0 saturated heterocycles. The van der Waals surface area contributed by atoms with Crippen molar-refractivity contribution in [2.24, 2.45) is 0 Å². The number of aromatic nitrogens is 1. The van der Waals surface area contributed by atoms with Gasteiger partial charge in [0.1, 0.15) is 0 Å². The minimum absolute atomic E-state index is 0.290. The smallest absolute Gasteiger partial charge is 0.339 e. The number of rotatable bonds is 5. The maximum atomic E-state index is 13.0. The highest BCUT2D eigenvalue weighted by molar-refractivity contribution is 6.30. The number of nitrogens with zero attached hydrogens (tertiary/aromatic N) is 1. The fraction of sp³-hybridized carbons (Fsp3) is 0.0800. The van der Waals surface area contributed by atoms with E-state index >= 15 is 0 Å². The fourth-order valence-corrected chi connectivity index (χ4v) is 3.35. The molecular weight excluding hydrogens is 398 g/mol. The zero-order valence-electron chi connectivity index (χ0n) is 16.2. The molecule has 4 nitrogen and oxygen atoms in total. The second-order valence-corrected chi connectivity index (χ2v) is 7.29. The maximum absolute atomic E-state index is 13.0. The summed E-state index contributed by atoms with van der Waals surface area (Å²) >= 11 is 5.88. The number of pyridine rings is 1. The molecule has 0 aliphatic carbocycles. The molecule has 30 heavy (non-hydrogen) atoms. The van der Waals surface area contributed by atoms with Gasteiger partial charge in [0.05, 0.1) is 16.8 Å². The van der Waals surface area contributed by atoms with Crippen molar-refractivity contribution >= 4 is 34.3 Å². The standard InChI is InChI=1S/C25H18ClNO3/c1-16(24(28)18-11-13-19(26)14-12-18)30-25(29)21-15-23(17-7-3-2-4-8-17)27-22-10-6-5-9-20(21)22/h2-16H,1H3/t16-/m0/s1. The Hall–Kier alpha value is -3.50. The van der Waals surface area contributed by atoms with E-state index < -0.39 is 12.1 Å². The first-order chi connectivity index (χ1) is 14.5. The van der Waals surface area contributed by atoms with Gasteiger partial charge in [0, 0.05) is 21.5 Å². The first-order valence-electron chi connectivity index (χ1n) is 9.49. The number of para-hydroxylation sites is 1. The second kappa shape index (κ2) is 8.47. The summed E-state index contributed by atoms with van der Waals surface area (Å²) in [5.41, 5.74) is 3.04. The summed E-state index contributed by atoms with van der Waals surface area (Å²) in [6.45, 7) is 1.57. The molecule has 0 fully saturated rings. The highest BCUT2D eigenvalue weighted by Gasteiger charge is 2.22. The number of Topliss-reactive ketones (excluding diaryl/α,β-unsaturated/α-hetero) is 1. The van der Waals surface area contributed by atoms with Crippen molar-refractivity contribution in [2.75, 3.05) is 0 Å². The Morgan fingerprint density at radius 3 is 2.30 bits per heavy atom. The van der Waals surface area contributed by atoms with Crippen molar-refractivity contribution in [3.63, 3.8) is 0 Å². The van der Waals surface area contributed by atoms with Gasteiger partial charge in [-0.15, -0.1) is 0 Å². The number of hydrogen-bond donors (Lipinski definition) is 0. The number of carbonyl (C=O) groups excluding carboxylic acids is 2. The number of carbonyl (C=O) groups is 2. The van der Waals surface area contributed by atoms with Gasteiger partial charge in [-0.05, 0) is 43.3 Å². The van der Waals surface area contributed by atoms with Crippen molar-refractivity contribution in [2.45, 2.75) is 13.0 Å². The van der Waals surface area contributed by atoms with E-state index in [1.165, 1.54) is 0 Å². The van der Waals surface area contributed by atoms with Crippen molar-refractivity contribution in [1.29, 1.82) is 0 Å². The molecule has 4 rings (SSSR count). The molecule has 1 heterocycles. The Kier molecular flexibility index (Phi) is 5.59. The molecule has 5 heteroatoms. The summed E-state index contributed by atoms with van der Waals surface area (Å²) in [6, 6.07) is 25.2. The highest BCUT2D eigenvalue weighted by atomic mass is 35.5. The zero-order chi connectivity index (χ0) is 21.1. The van der Waals surface area contributed by atoms with Gasteiger partial charge in [-0.25, -0.2) is 9.78 Å². The van der Waals surface area contributed by atoms with Crippen LogP contribution >= 0.6 is 11.6 Å². The molecule has 0 amide bonds. The molecule has 0 radical (unpaired) electrons. The summed E-state index contributed by atoms with van der Waals surface area (Å²) in [5, 5.41) is 1.21. The summed E-state index contributed by atoms with van der Waals surface area (Å²) in [7, 11) is 0. The van der Waals surface area contributed by atoms with E-state index in [1.54, 1.807) is 37.3 Å². The number of ether oxygens (including phenoxy) is 1. The Bertz CT molecular complexity index is 1220. The van der Waals surface area contributed by atoms with E-state index in [4.69, 9.17) is 16.3 Å². The van der Waals surface area contributed by atoms with Crippen LogP contribution in [-0.2, 0) is 4.74 Å². The summed E-state index contributed by atoms with van der Waals surface area (Å²) in [4.78, 5) is 30.3. The third-order valence-corrected chi connectivity index (χ3v) is 5.04. The summed E-state index contributed by atoms with van der Waals surface area (Å²) in [5.74, 6) is -0.859. The topological polar surface area (TPSA) is 56.3 Å². The molecule has 0 unspecified atom stereocenters. The molecule has 1 aromatic heterocycles. The van der Waals surface area contributed by atoms with E-state index in [2.05, 4.69) is 4.98 Å². The van der Waals surface area contributed by atoms with Crippen molar-refractivity contribution in [1.82, 2.24) is 4.98 Å². The van der Waals surface area contributed by atoms with Gasteiger partial charge in [-0.1, -0.05) is 60.1 Å². The lowest BCUT2D eigenvalue weighted by Crippen LogP contribution is -2.24. The number of fused-ring (bicyclic) bond motifs is 1. The monoisotopic (exact) mass is 415 g/mol. The third kappa shape index (κ3) is 4.09. The van der Waals surface area contributed by atoms with E-state index in [0.29, 0.717) is 32.7 Å². The van der Waals surface area contributed by atoms with Crippen LogP contribution < -0.4 is 0 Å². The first-order valence-corrected chi connectivity index (χ1v) is 9.87. The van der Waals surface area contributed by atoms with Gasteiger partial charge in [0.2, 0.25) is 5.78 Å². The summed E-state index contributed by atoms with van der Waals surface area (Å²) in [6.07, 6.45) is -0.939. The van der Waals surface area contributed by atoms with Crippen LogP contribution in [0.2, 0.25) is 5.02 Å². The summed E-state index contributed by atoms with van der Waals surface area (Å²) < 4.78 is 5.53. The molecule has 0 spiro atoms. The Labute approximate surface area is 179 Å². The molecule has 148 valence electrons. The van der Waals surface area contributed by atoms with Crippen LogP contribution in [0.15, 0.2) is 84.9 Å². The van der Waals surface area contributed by atoms with Crippen LogP contribution in [0.4, 0.5) is 0 Å². The molecule has 0 aliphatic rings.